The molecule has 0 radical (unpaired) electrons. The van der Waals surface area contributed by atoms with Crippen LogP contribution in [-0.4, -0.2) is 6.04 Å². The first-order valence-electron chi connectivity index (χ1n) is 16.4. The van der Waals surface area contributed by atoms with Gasteiger partial charge in [0.2, 0.25) is 0 Å². The van der Waals surface area contributed by atoms with Crippen molar-refractivity contribution in [2.24, 2.45) is 5.92 Å². The van der Waals surface area contributed by atoms with E-state index in [9.17, 15) is 0 Å². The van der Waals surface area contributed by atoms with Gasteiger partial charge in [0.05, 0.1) is 6.04 Å². The summed E-state index contributed by atoms with van der Waals surface area (Å²) in [5, 5.41) is 2.56. The minimum absolute atomic E-state index is 0.193. The van der Waals surface area contributed by atoms with Crippen LogP contribution in [0.5, 0.6) is 0 Å². The van der Waals surface area contributed by atoms with Gasteiger partial charge >= 0.3 is 0 Å². The van der Waals surface area contributed by atoms with Gasteiger partial charge in [0.15, 0.2) is 0 Å². The summed E-state index contributed by atoms with van der Waals surface area (Å²) < 4.78 is 0. The molecule has 0 spiro atoms. The molecule has 0 heterocycles. The second-order valence-electron chi connectivity index (χ2n) is 12.7. The maximum Gasteiger partial charge on any atom is 0.0560 e. The summed E-state index contributed by atoms with van der Waals surface area (Å²) in [7, 11) is 0. The number of rotatable bonds is 6. The molecule has 0 fully saturated rings. The van der Waals surface area contributed by atoms with Crippen molar-refractivity contribution in [2.45, 2.75) is 32.2 Å². The Morgan fingerprint density at radius 2 is 1.17 bits per heavy atom. The molecule has 2 heteroatoms. The standard InChI is InChI=1S/C44H38N2/c1-31-21-25-35(26-22-31)45(33-13-5-3-6-14-33)43-29-41-38-18-10-12-20-40(38)44(30-42(41)37-17-9-11-19-39(37)43)46(34-15-7-4-8-16-34)36-27-23-32(2)24-28-36/h3-15,17-30,34,37,39H,16H2,1-2H3. The third-order valence-electron chi connectivity index (χ3n) is 9.65. The lowest BCUT2D eigenvalue weighted by Gasteiger charge is -2.40. The van der Waals surface area contributed by atoms with E-state index < -0.39 is 0 Å². The molecule has 0 bridgehead atoms. The van der Waals surface area contributed by atoms with Gasteiger partial charge in [-0.3, -0.25) is 0 Å². The maximum absolute atomic E-state index is 2.56. The molecular formula is C44H38N2. The Morgan fingerprint density at radius 1 is 0.565 bits per heavy atom. The molecule has 0 aromatic heterocycles. The average Bonchev–Trinajstić information content (AvgIpc) is 3.11. The zero-order chi connectivity index (χ0) is 31.0. The predicted molar refractivity (Wildman–Crippen MR) is 196 cm³/mol. The fraction of sp³-hybridized carbons (Fsp3) is 0.136. The third-order valence-corrected chi connectivity index (χ3v) is 9.65. The Morgan fingerprint density at radius 3 is 1.87 bits per heavy atom. The first-order valence-corrected chi connectivity index (χ1v) is 16.4. The van der Waals surface area contributed by atoms with Crippen LogP contribution in [0.4, 0.5) is 22.7 Å². The summed E-state index contributed by atoms with van der Waals surface area (Å²) in [5.41, 5.74) is 11.4. The van der Waals surface area contributed by atoms with Crippen LogP contribution in [0.25, 0.3) is 16.8 Å². The van der Waals surface area contributed by atoms with E-state index in [2.05, 4.69) is 188 Å². The quantitative estimate of drug-likeness (QED) is 0.193. The molecule has 0 N–H and O–H groups in total. The van der Waals surface area contributed by atoms with Gasteiger partial charge < -0.3 is 9.80 Å². The normalized spacial score (nSPS) is 19.4. The molecule has 46 heavy (non-hydrogen) atoms. The number of anilines is 4. The van der Waals surface area contributed by atoms with E-state index in [4.69, 9.17) is 0 Å². The molecular weight excluding hydrogens is 556 g/mol. The van der Waals surface area contributed by atoms with Crippen LogP contribution in [0.2, 0.25) is 0 Å². The van der Waals surface area contributed by atoms with Crippen molar-refractivity contribution in [3.05, 3.63) is 186 Å². The molecule has 0 aliphatic heterocycles. The van der Waals surface area contributed by atoms with Crippen molar-refractivity contribution in [1.29, 1.82) is 0 Å². The summed E-state index contributed by atoms with van der Waals surface area (Å²) in [6, 6.07) is 40.5. The van der Waals surface area contributed by atoms with E-state index in [1.54, 1.807) is 0 Å². The lowest BCUT2D eigenvalue weighted by molar-refractivity contribution is 0.643. The number of fused-ring (bicyclic) bond motifs is 5. The molecule has 0 amide bonds. The minimum atomic E-state index is 0.193. The number of nitrogens with zero attached hydrogens (tertiary/aromatic N) is 2. The highest BCUT2D eigenvalue weighted by atomic mass is 15.2. The van der Waals surface area contributed by atoms with Crippen molar-refractivity contribution < 1.29 is 0 Å². The topological polar surface area (TPSA) is 6.48 Å². The number of para-hydroxylation sites is 1. The summed E-state index contributed by atoms with van der Waals surface area (Å²) in [6.45, 7) is 4.31. The Labute approximate surface area is 272 Å². The summed E-state index contributed by atoms with van der Waals surface area (Å²) in [5.74, 6) is 0.403. The largest absolute Gasteiger partial charge is 0.334 e. The van der Waals surface area contributed by atoms with Crippen LogP contribution in [-0.2, 0) is 0 Å². The van der Waals surface area contributed by atoms with Crippen LogP contribution in [0.3, 0.4) is 0 Å². The van der Waals surface area contributed by atoms with E-state index in [0.717, 1.165) is 6.42 Å². The lowest BCUT2D eigenvalue weighted by Crippen LogP contribution is -2.31. The van der Waals surface area contributed by atoms with E-state index >= 15 is 0 Å². The van der Waals surface area contributed by atoms with Crippen LogP contribution in [0.15, 0.2) is 163 Å². The fourth-order valence-electron chi connectivity index (χ4n) is 7.37. The first-order chi connectivity index (χ1) is 22.7. The van der Waals surface area contributed by atoms with Crippen molar-refractivity contribution in [3.63, 3.8) is 0 Å². The average molecular weight is 595 g/mol. The molecule has 3 aliphatic rings. The lowest BCUT2D eigenvalue weighted by atomic mass is 9.73. The smallest absolute Gasteiger partial charge is 0.0560 e. The van der Waals surface area contributed by atoms with Crippen molar-refractivity contribution in [2.75, 3.05) is 9.80 Å². The number of benzene rings is 5. The van der Waals surface area contributed by atoms with Gasteiger partial charge in [-0.15, -0.1) is 0 Å². The predicted octanol–water partition coefficient (Wildman–Crippen LogP) is 11.5. The Hall–Kier alpha value is -5.34. The molecule has 0 saturated carbocycles. The maximum atomic E-state index is 2.56. The number of allylic oxidation sites excluding steroid dienone is 6. The van der Waals surface area contributed by atoms with E-state index in [1.807, 2.05) is 0 Å². The van der Waals surface area contributed by atoms with Crippen LogP contribution >= 0.6 is 0 Å². The van der Waals surface area contributed by atoms with Crippen molar-refractivity contribution >= 4 is 39.6 Å². The molecule has 2 nitrogen and oxygen atoms in total. The zero-order valence-electron chi connectivity index (χ0n) is 26.4. The van der Waals surface area contributed by atoms with Gasteiger partial charge in [0, 0.05) is 45.7 Å². The molecule has 5 aromatic carbocycles. The van der Waals surface area contributed by atoms with Crippen LogP contribution in [0.1, 0.15) is 34.6 Å². The summed E-state index contributed by atoms with van der Waals surface area (Å²) >= 11 is 0. The van der Waals surface area contributed by atoms with Gasteiger partial charge in [-0.1, -0.05) is 126 Å². The molecule has 3 atom stereocenters. The molecule has 0 saturated heterocycles. The fourth-order valence-corrected chi connectivity index (χ4v) is 7.37. The second kappa shape index (κ2) is 11.9. The van der Waals surface area contributed by atoms with E-state index in [1.165, 1.54) is 61.5 Å². The number of aryl methyl sites for hydroxylation is 2. The highest BCUT2D eigenvalue weighted by Gasteiger charge is 2.35. The summed E-state index contributed by atoms with van der Waals surface area (Å²) in [6.07, 6.45) is 21.7. The Bertz CT molecular complexity index is 2040. The molecule has 3 aliphatic carbocycles. The van der Waals surface area contributed by atoms with E-state index in [0.29, 0.717) is 0 Å². The highest BCUT2D eigenvalue weighted by molar-refractivity contribution is 6.03. The Kier molecular flexibility index (Phi) is 7.27. The molecule has 224 valence electrons. The number of hydrogen-bond acceptors (Lipinski definition) is 2. The number of hydrogen-bond donors (Lipinski definition) is 0. The first kappa shape index (κ1) is 28.2. The monoisotopic (exact) mass is 594 g/mol. The van der Waals surface area contributed by atoms with Gasteiger partial charge in [-0.2, -0.15) is 0 Å². The van der Waals surface area contributed by atoms with Gasteiger partial charge in [0.25, 0.3) is 0 Å². The minimum Gasteiger partial charge on any atom is -0.334 e. The van der Waals surface area contributed by atoms with Gasteiger partial charge in [-0.05, 0) is 85.3 Å². The van der Waals surface area contributed by atoms with Gasteiger partial charge in [0.1, 0.15) is 0 Å². The van der Waals surface area contributed by atoms with Gasteiger partial charge in [-0.25, -0.2) is 0 Å². The van der Waals surface area contributed by atoms with Crippen LogP contribution < -0.4 is 9.80 Å². The zero-order valence-corrected chi connectivity index (χ0v) is 26.4. The SMILES string of the molecule is Cc1ccc(N(C2=Cc3c(cc(N(c4ccc(C)cc4)C4C=CC=CC4)c4ccccc34)C3C=CC=CC23)c2ccccc2)cc1. The molecule has 8 rings (SSSR count). The Balaban J connectivity index is 1.38. The highest BCUT2D eigenvalue weighted by Crippen LogP contribution is 2.50. The summed E-state index contributed by atoms with van der Waals surface area (Å²) in [4.78, 5) is 5.02. The van der Waals surface area contributed by atoms with Crippen molar-refractivity contribution in [1.82, 2.24) is 0 Å². The molecule has 3 unspecified atom stereocenters. The second-order valence-corrected chi connectivity index (χ2v) is 12.7. The van der Waals surface area contributed by atoms with Crippen molar-refractivity contribution in [3.8, 4) is 0 Å². The third kappa shape index (κ3) is 5.01. The van der Waals surface area contributed by atoms with E-state index in [-0.39, 0.29) is 17.9 Å². The van der Waals surface area contributed by atoms with Crippen LogP contribution in [0, 0.1) is 19.8 Å². The molecule has 5 aromatic rings.